The van der Waals surface area contributed by atoms with E-state index in [0.717, 1.165) is 38.5 Å². The predicted octanol–water partition coefficient (Wildman–Crippen LogP) is 4.89. The molecule has 0 amide bonds. The molecule has 2 aliphatic rings. The minimum Gasteiger partial charge on any atom is -0.875 e. The van der Waals surface area contributed by atoms with Crippen LogP contribution in [0.4, 0.5) is 0 Å². The molecule has 0 aromatic carbocycles. The normalized spacial score (nSPS) is 30.1. The standard InChI is InChI=1S/C41H72O9.Ca/c1-25(21-29(5)34(43)24-35(44)30(6)22-27(3)20-26(2)14-15-38(46)47)12-11-13-28(4)39(48)31(7)36(45)23-33-16-18-41(10,49-33)37-17-19-40(9,50-37)32(8)42;/h11,13,24-33,36-37,39,42-43,45,48H,12,14-23H2,1-10H3,(H,46,47);/q;+2/p-2/b13-11+,34-24+;/t25-,26-,27+,28-,29-,30+,31+,32-,33+,36+,37-,39-,40+,41+;/m1./s1. The molecule has 0 aromatic heterocycles. The van der Waals surface area contributed by atoms with E-state index in [1.54, 1.807) is 6.92 Å². The van der Waals surface area contributed by atoms with Crippen LogP contribution in [0.15, 0.2) is 24.0 Å². The fourth-order valence-corrected chi connectivity index (χ4v) is 8.00. The first-order chi connectivity index (χ1) is 23.2. The molecule has 0 unspecified atom stereocenters. The van der Waals surface area contributed by atoms with Crippen LogP contribution in [0.3, 0.4) is 0 Å². The third-order valence-corrected chi connectivity index (χ3v) is 11.9. The van der Waals surface area contributed by atoms with Crippen LogP contribution in [0.5, 0.6) is 0 Å². The van der Waals surface area contributed by atoms with Crippen molar-refractivity contribution in [1.29, 1.82) is 0 Å². The molecule has 2 fully saturated rings. The van der Waals surface area contributed by atoms with E-state index in [4.69, 9.17) is 9.47 Å². The average molecular weight is 747 g/mol. The van der Waals surface area contributed by atoms with Gasteiger partial charge in [-0.05, 0) is 121 Å². The second kappa shape index (κ2) is 22.1. The summed E-state index contributed by atoms with van der Waals surface area (Å²) in [4.78, 5) is 23.5. The van der Waals surface area contributed by atoms with E-state index in [-0.39, 0.29) is 109 Å². The number of carboxylic acids is 1. The first-order valence-electron chi connectivity index (χ1n) is 19.4. The van der Waals surface area contributed by atoms with Gasteiger partial charge in [0.05, 0.1) is 41.7 Å². The van der Waals surface area contributed by atoms with Crippen LogP contribution in [-0.4, -0.2) is 107 Å². The molecular weight excluding hydrogens is 677 g/mol. The number of allylic oxidation sites excluding steroid dienone is 3. The third-order valence-electron chi connectivity index (χ3n) is 11.9. The number of ether oxygens (including phenoxy) is 2. The molecule has 0 aromatic rings. The molecule has 0 aliphatic carbocycles. The van der Waals surface area contributed by atoms with Crippen molar-refractivity contribution >= 4 is 49.5 Å². The Morgan fingerprint density at radius 2 is 1.47 bits per heavy atom. The van der Waals surface area contributed by atoms with Gasteiger partial charge in [0.1, 0.15) is 0 Å². The zero-order valence-corrected chi connectivity index (χ0v) is 35.6. The zero-order chi connectivity index (χ0) is 38.0. The third kappa shape index (κ3) is 15.6. The van der Waals surface area contributed by atoms with E-state index in [1.807, 2.05) is 53.7 Å². The van der Waals surface area contributed by atoms with Gasteiger partial charge in [-0.1, -0.05) is 60.6 Å². The van der Waals surface area contributed by atoms with Gasteiger partial charge in [-0.2, -0.15) is 0 Å². The van der Waals surface area contributed by atoms with Gasteiger partial charge in [-0.25, -0.2) is 0 Å². The first kappa shape index (κ1) is 48.5. The van der Waals surface area contributed by atoms with Crippen LogP contribution in [-0.2, 0) is 19.1 Å². The molecule has 0 spiro atoms. The number of hydrogen-bond acceptors (Lipinski definition) is 9. The van der Waals surface area contributed by atoms with E-state index in [0.29, 0.717) is 25.7 Å². The van der Waals surface area contributed by atoms with Crippen molar-refractivity contribution in [1.82, 2.24) is 0 Å². The van der Waals surface area contributed by atoms with Crippen LogP contribution in [0.2, 0.25) is 0 Å². The van der Waals surface area contributed by atoms with E-state index in [9.17, 15) is 35.1 Å². The monoisotopic (exact) mass is 746 g/mol. The summed E-state index contributed by atoms with van der Waals surface area (Å²) in [5, 5.41) is 55.9. The Kier molecular flexibility index (Phi) is 21.1. The van der Waals surface area contributed by atoms with Gasteiger partial charge >= 0.3 is 37.7 Å². The summed E-state index contributed by atoms with van der Waals surface area (Å²) in [5.74, 6) is -1.73. The maximum atomic E-state index is 12.9. The van der Waals surface area contributed by atoms with Crippen LogP contribution in [0.1, 0.15) is 140 Å². The smallest absolute Gasteiger partial charge is 0.875 e. The van der Waals surface area contributed by atoms with Crippen LogP contribution < -0.4 is 10.2 Å². The number of aliphatic hydroxyl groups excluding tert-OH is 3. The van der Waals surface area contributed by atoms with Crippen molar-refractivity contribution in [3.05, 3.63) is 24.0 Å². The van der Waals surface area contributed by atoms with Gasteiger partial charge in [0.25, 0.3) is 0 Å². The summed E-state index contributed by atoms with van der Waals surface area (Å²) in [6, 6.07) is 0. The molecule has 9 nitrogen and oxygen atoms in total. The van der Waals surface area contributed by atoms with E-state index >= 15 is 0 Å². The number of ketones is 1. The van der Waals surface area contributed by atoms with Gasteiger partial charge < -0.3 is 39.8 Å². The molecule has 10 heteroatoms. The Hall–Kier alpha value is -0.520. The maximum Gasteiger partial charge on any atom is 2.00 e. The minimum absolute atomic E-state index is 0. The Labute approximate surface area is 339 Å². The van der Waals surface area contributed by atoms with E-state index < -0.39 is 35.5 Å². The van der Waals surface area contributed by atoms with Crippen molar-refractivity contribution in [2.24, 2.45) is 41.4 Å². The molecule has 290 valence electrons. The Balaban J connectivity index is 0.0000130. The molecule has 2 rings (SSSR count). The van der Waals surface area contributed by atoms with Crippen molar-refractivity contribution < 1.29 is 44.6 Å². The molecule has 2 heterocycles. The maximum absolute atomic E-state index is 12.9. The molecule has 3 N–H and O–H groups in total. The molecule has 2 aliphatic heterocycles. The summed E-state index contributed by atoms with van der Waals surface area (Å²) in [6.07, 6.45) is 10.2. The number of carbonyl (C=O) groups is 2. The summed E-state index contributed by atoms with van der Waals surface area (Å²) in [5.41, 5.74) is -1.02. The van der Waals surface area contributed by atoms with Crippen molar-refractivity contribution in [2.75, 3.05) is 0 Å². The molecule has 0 bridgehead atoms. The molecule has 14 atom stereocenters. The summed E-state index contributed by atoms with van der Waals surface area (Å²) < 4.78 is 12.7. The van der Waals surface area contributed by atoms with Gasteiger partial charge in [-0.3, -0.25) is 4.79 Å². The summed E-state index contributed by atoms with van der Waals surface area (Å²) in [7, 11) is 0. The topological polar surface area (TPSA) is 159 Å². The number of hydrogen-bond donors (Lipinski definition) is 3. The van der Waals surface area contributed by atoms with Crippen molar-refractivity contribution in [2.45, 2.75) is 182 Å². The number of carboxylic acid groups (broad SMARTS) is 1. The number of aliphatic carboxylic acids is 1. The Morgan fingerprint density at radius 3 is 2.06 bits per heavy atom. The first-order valence-corrected chi connectivity index (χ1v) is 19.4. The predicted molar refractivity (Wildman–Crippen MR) is 198 cm³/mol. The largest absolute Gasteiger partial charge is 2.00 e. The van der Waals surface area contributed by atoms with Gasteiger partial charge in [-0.15, -0.1) is 5.76 Å². The second-order valence-corrected chi connectivity index (χ2v) is 17.1. The Morgan fingerprint density at radius 1 is 0.843 bits per heavy atom. The number of carbonyl (C=O) groups excluding carboxylic acids is 2. The van der Waals surface area contributed by atoms with Crippen LogP contribution in [0, 0.1) is 41.4 Å². The van der Waals surface area contributed by atoms with Gasteiger partial charge in [0.2, 0.25) is 0 Å². The van der Waals surface area contributed by atoms with E-state index in [2.05, 4.69) is 20.8 Å². The average Bonchev–Trinajstić information content (AvgIpc) is 3.63. The second-order valence-electron chi connectivity index (χ2n) is 17.1. The van der Waals surface area contributed by atoms with Gasteiger partial charge in [0, 0.05) is 23.7 Å². The SMILES string of the molecule is C[C@H](CCC(=O)[O-])C[C@H](C)C[C@H](C)C(=O)/C=C(/[O-])[C@H](C)C[C@H](C)C/C=C/[C@@H](C)[C@@H](O)[C@@H](C)[C@@H](O)C[C@@H]1CC[C@@](C)([C@H]2CC[C@@](C)([C@@H](C)O)O2)O1.[Ca+2]. The fraction of sp³-hybridized carbons (Fsp3) is 0.854. The fourth-order valence-electron chi connectivity index (χ4n) is 8.00. The minimum atomic E-state index is -1.04. The molecule has 0 saturated carbocycles. The molecular formula is C41H70CaO9. The zero-order valence-electron chi connectivity index (χ0n) is 33.4. The molecule has 0 radical (unpaired) electrons. The van der Waals surface area contributed by atoms with Crippen molar-refractivity contribution in [3.8, 4) is 0 Å². The quantitative estimate of drug-likeness (QED) is 0.0607. The van der Waals surface area contributed by atoms with Crippen molar-refractivity contribution in [3.63, 3.8) is 0 Å². The van der Waals surface area contributed by atoms with Gasteiger partial charge in [0.15, 0.2) is 5.78 Å². The molecule has 2 saturated heterocycles. The number of rotatable bonds is 22. The molecule has 51 heavy (non-hydrogen) atoms. The summed E-state index contributed by atoms with van der Waals surface area (Å²) >= 11 is 0. The van der Waals surface area contributed by atoms with E-state index in [1.165, 1.54) is 6.08 Å². The van der Waals surface area contributed by atoms with Crippen LogP contribution in [0.25, 0.3) is 0 Å². The summed E-state index contributed by atoms with van der Waals surface area (Å²) in [6.45, 7) is 19.4. The number of aliphatic hydroxyl groups is 3. The Bertz CT molecular complexity index is 1130. The van der Waals surface area contributed by atoms with Crippen LogP contribution >= 0.6 is 0 Å².